The summed E-state index contributed by atoms with van der Waals surface area (Å²) < 4.78 is 0. The van der Waals surface area contributed by atoms with Gasteiger partial charge in [0.1, 0.15) is 0 Å². The Bertz CT molecular complexity index is 879. The third-order valence-electron chi connectivity index (χ3n) is 6.86. The van der Waals surface area contributed by atoms with Crippen LogP contribution in [0.25, 0.3) is 10.9 Å². The van der Waals surface area contributed by atoms with E-state index in [1.807, 2.05) is 16.7 Å². The topological polar surface area (TPSA) is 56.4 Å². The number of fused-ring (bicyclic) bond motifs is 1. The van der Waals surface area contributed by atoms with Crippen molar-refractivity contribution < 1.29 is 9.59 Å². The van der Waals surface area contributed by atoms with Crippen LogP contribution in [0.1, 0.15) is 69.4 Å². The molecule has 1 aromatic carbocycles. The molecule has 1 aromatic heterocycles. The number of aromatic nitrogens is 1. The molecule has 1 unspecified atom stereocenters. The first-order valence-corrected chi connectivity index (χ1v) is 11.2. The summed E-state index contributed by atoms with van der Waals surface area (Å²) in [7, 11) is 0. The van der Waals surface area contributed by atoms with Crippen molar-refractivity contribution in [3.05, 3.63) is 35.5 Å². The highest BCUT2D eigenvalue weighted by Crippen LogP contribution is 2.34. The lowest BCUT2D eigenvalue weighted by molar-refractivity contribution is -0.138. The van der Waals surface area contributed by atoms with Crippen LogP contribution in [0, 0.1) is 0 Å². The number of nitrogens with zero attached hydrogens (tertiary/aromatic N) is 2. The van der Waals surface area contributed by atoms with Crippen LogP contribution in [0.15, 0.2) is 24.4 Å². The number of carbonyl (C=O) groups is 2. The fourth-order valence-corrected chi connectivity index (χ4v) is 5.10. The molecule has 2 fully saturated rings. The van der Waals surface area contributed by atoms with Crippen molar-refractivity contribution in [1.82, 2.24) is 14.8 Å². The van der Waals surface area contributed by atoms with E-state index in [0.717, 1.165) is 51.7 Å². The summed E-state index contributed by atoms with van der Waals surface area (Å²) in [4.78, 5) is 32.4. The van der Waals surface area contributed by atoms with Gasteiger partial charge >= 0.3 is 0 Å². The monoisotopic (exact) mass is 395 g/mol. The average molecular weight is 396 g/mol. The molecule has 2 aromatic rings. The van der Waals surface area contributed by atoms with Gasteiger partial charge < -0.3 is 14.8 Å². The number of aryl methyl sites for hydroxylation is 1. The van der Waals surface area contributed by atoms with Crippen LogP contribution in [0.5, 0.6) is 0 Å². The van der Waals surface area contributed by atoms with Crippen molar-refractivity contribution >= 4 is 22.7 Å². The number of hydrogen-bond acceptors (Lipinski definition) is 2. The Morgan fingerprint density at radius 2 is 2.00 bits per heavy atom. The number of nitrogens with one attached hydrogen (secondary N) is 1. The minimum Gasteiger partial charge on any atom is -0.361 e. The largest absolute Gasteiger partial charge is 0.361 e. The average Bonchev–Trinajstić information content (AvgIpc) is 3.18. The first-order chi connectivity index (χ1) is 14.1. The molecular formula is C24H33N3O2. The van der Waals surface area contributed by atoms with E-state index in [4.69, 9.17) is 0 Å². The molecule has 4 rings (SSSR count). The van der Waals surface area contributed by atoms with Crippen LogP contribution in [0.4, 0.5) is 0 Å². The summed E-state index contributed by atoms with van der Waals surface area (Å²) in [6.07, 6.45) is 8.34. The first-order valence-electron chi connectivity index (χ1n) is 11.2. The van der Waals surface area contributed by atoms with E-state index in [0.29, 0.717) is 18.8 Å². The maximum Gasteiger partial charge on any atom is 0.224 e. The van der Waals surface area contributed by atoms with Crippen molar-refractivity contribution in [2.75, 3.05) is 19.6 Å². The molecule has 2 aliphatic rings. The van der Waals surface area contributed by atoms with Gasteiger partial charge in [0.2, 0.25) is 11.8 Å². The lowest BCUT2D eigenvalue weighted by atomic mass is 9.88. The molecule has 2 aliphatic heterocycles. The molecule has 156 valence electrons. The smallest absolute Gasteiger partial charge is 0.224 e. The predicted octanol–water partition coefficient (Wildman–Crippen LogP) is 4.23. The number of carbonyl (C=O) groups excluding carboxylic acids is 2. The normalized spacial score (nSPS) is 19.7. The van der Waals surface area contributed by atoms with Crippen LogP contribution in [0.3, 0.4) is 0 Å². The van der Waals surface area contributed by atoms with Gasteiger partial charge in [0.05, 0.1) is 0 Å². The molecule has 3 heterocycles. The van der Waals surface area contributed by atoms with Gasteiger partial charge in [-0.2, -0.15) is 0 Å². The highest BCUT2D eigenvalue weighted by molar-refractivity contribution is 5.86. The van der Waals surface area contributed by atoms with Crippen molar-refractivity contribution in [2.24, 2.45) is 0 Å². The number of aromatic amines is 1. The standard InChI is InChI=1S/C24H33N3O2/c1-3-18-7-6-8-20-21(16-25-24(18)20)19-10-13-26(14-11-19)23(29)15-17(2)27-12-5-4-9-22(27)28/h6-8,16-17,19,25H,3-5,9-15H2,1-2H3. The quantitative estimate of drug-likeness (QED) is 0.824. The van der Waals surface area contributed by atoms with Crippen molar-refractivity contribution in [3.63, 3.8) is 0 Å². The highest BCUT2D eigenvalue weighted by Gasteiger charge is 2.29. The lowest BCUT2D eigenvalue weighted by Crippen LogP contribution is -2.46. The second kappa shape index (κ2) is 8.60. The summed E-state index contributed by atoms with van der Waals surface area (Å²) in [5.74, 6) is 0.906. The summed E-state index contributed by atoms with van der Waals surface area (Å²) in [5.41, 5.74) is 4.03. The third-order valence-corrected chi connectivity index (χ3v) is 6.86. The molecule has 2 saturated heterocycles. The van der Waals surface area contributed by atoms with Crippen LogP contribution in [-0.4, -0.2) is 52.3 Å². The summed E-state index contributed by atoms with van der Waals surface area (Å²) in [6, 6.07) is 6.57. The van der Waals surface area contributed by atoms with Gasteiger partial charge in [0.15, 0.2) is 0 Å². The molecule has 1 atom stereocenters. The number of piperidine rings is 2. The van der Waals surface area contributed by atoms with Crippen LogP contribution in [0.2, 0.25) is 0 Å². The zero-order valence-corrected chi connectivity index (χ0v) is 17.7. The molecule has 0 saturated carbocycles. The molecule has 0 radical (unpaired) electrons. The van der Waals surface area contributed by atoms with Crippen LogP contribution in [-0.2, 0) is 16.0 Å². The first kappa shape index (κ1) is 20.0. The maximum atomic E-state index is 12.8. The van der Waals surface area contributed by atoms with E-state index < -0.39 is 0 Å². The van der Waals surface area contributed by atoms with Crippen molar-refractivity contribution in [3.8, 4) is 0 Å². The Morgan fingerprint density at radius 1 is 1.21 bits per heavy atom. The number of H-pyrrole nitrogens is 1. The van der Waals surface area contributed by atoms with Gasteiger partial charge in [-0.25, -0.2) is 0 Å². The zero-order chi connectivity index (χ0) is 20.4. The highest BCUT2D eigenvalue weighted by atomic mass is 16.2. The SMILES string of the molecule is CCc1cccc2c(C3CCN(C(=O)CC(C)N4CCCCC4=O)CC3)c[nH]c12. The van der Waals surface area contributed by atoms with E-state index in [1.54, 1.807) is 0 Å². The van der Waals surface area contributed by atoms with Gasteiger partial charge in [0, 0.05) is 55.6 Å². The molecule has 5 nitrogen and oxygen atoms in total. The number of benzene rings is 1. The Hall–Kier alpha value is -2.30. The number of hydrogen-bond donors (Lipinski definition) is 1. The van der Waals surface area contributed by atoms with E-state index in [9.17, 15) is 9.59 Å². The molecule has 2 amide bonds. The van der Waals surface area contributed by atoms with Gasteiger partial charge in [-0.15, -0.1) is 0 Å². The second-order valence-electron chi connectivity index (χ2n) is 8.69. The molecule has 0 spiro atoms. The number of para-hydroxylation sites is 1. The summed E-state index contributed by atoms with van der Waals surface area (Å²) in [5, 5.41) is 1.34. The molecule has 0 aliphatic carbocycles. The lowest BCUT2D eigenvalue weighted by Gasteiger charge is -2.36. The Balaban J connectivity index is 1.36. The third kappa shape index (κ3) is 4.05. The fraction of sp³-hybridized carbons (Fsp3) is 0.583. The number of likely N-dealkylation sites (tertiary alicyclic amines) is 2. The molecular weight excluding hydrogens is 362 g/mol. The van der Waals surface area contributed by atoms with Crippen molar-refractivity contribution in [2.45, 2.75) is 70.8 Å². The Morgan fingerprint density at radius 3 is 2.72 bits per heavy atom. The molecule has 5 heteroatoms. The van der Waals surface area contributed by atoms with Gasteiger partial charge in [-0.05, 0) is 56.1 Å². The predicted molar refractivity (Wildman–Crippen MR) is 116 cm³/mol. The van der Waals surface area contributed by atoms with E-state index in [-0.39, 0.29) is 17.9 Å². The van der Waals surface area contributed by atoms with Crippen molar-refractivity contribution in [1.29, 1.82) is 0 Å². The van der Waals surface area contributed by atoms with Gasteiger partial charge in [0.25, 0.3) is 0 Å². The van der Waals surface area contributed by atoms with E-state index in [2.05, 4.69) is 36.3 Å². The molecule has 1 N–H and O–H groups in total. The van der Waals surface area contributed by atoms with Crippen LogP contribution < -0.4 is 0 Å². The molecule has 0 bridgehead atoms. The number of amides is 2. The summed E-state index contributed by atoms with van der Waals surface area (Å²) >= 11 is 0. The molecule has 29 heavy (non-hydrogen) atoms. The van der Waals surface area contributed by atoms with E-state index >= 15 is 0 Å². The summed E-state index contributed by atoms with van der Waals surface area (Å²) in [6.45, 7) is 6.63. The Kier molecular flexibility index (Phi) is 5.93. The fourth-order valence-electron chi connectivity index (χ4n) is 5.10. The van der Waals surface area contributed by atoms with Crippen LogP contribution >= 0.6 is 0 Å². The minimum atomic E-state index is 0.00843. The zero-order valence-electron chi connectivity index (χ0n) is 17.7. The second-order valence-corrected chi connectivity index (χ2v) is 8.69. The maximum absolute atomic E-state index is 12.8. The number of rotatable bonds is 5. The van der Waals surface area contributed by atoms with E-state index in [1.165, 1.54) is 22.0 Å². The van der Waals surface area contributed by atoms with Gasteiger partial charge in [-0.3, -0.25) is 9.59 Å². The Labute approximate surface area is 173 Å². The minimum absolute atomic E-state index is 0.00843. The van der Waals surface area contributed by atoms with Gasteiger partial charge in [-0.1, -0.05) is 25.1 Å².